The molecule has 3 aliphatic rings. The zero-order chi connectivity index (χ0) is 13.2. The number of ether oxygens (including phenoxy) is 1. The third-order valence-corrected chi connectivity index (χ3v) is 3.93. The zero-order valence-electron chi connectivity index (χ0n) is 12.2. The molecule has 0 spiro atoms. The van der Waals surface area contributed by atoms with Crippen LogP contribution in [0.15, 0.2) is 0 Å². The summed E-state index contributed by atoms with van der Waals surface area (Å²) < 4.78 is 6.41. The molecular formula is C13H26BrN3O2. The number of nitrogens with one attached hydrogen (secondary N) is 1. The number of amides is 1. The molecule has 3 heterocycles. The average Bonchev–Trinajstić information content (AvgIpc) is 2.28. The van der Waals surface area contributed by atoms with Gasteiger partial charge in [0.15, 0.2) is 0 Å². The Balaban J connectivity index is 0.00000180. The second-order valence-corrected chi connectivity index (χ2v) is 6.51. The summed E-state index contributed by atoms with van der Waals surface area (Å²) in [5.74, 6) is 0. The minimum absolute atomic E-state index is 0. The lowest BCUT2D eigenvalue weighted by molar-refractivity contribution is -0.939. The molecule has 3 fully saturated rings. The minimum Gasteiger partial charge on any atom is -1.00 e. The number of hydrogen-bond acceptors (Lipinski definition) is 3. The van der Waals surface area contributed by atoms with Crippen LogP contribution in [0.5, 0.6) is 0 Å². The molecule has 1 N–H and O–H groups in total. The molecule has 0 aromatic heterocycles. The van der Waals surface area contributed by atoms with Crippen molar-refractivity contribution in [2.45, 2.75) is 26.4 Å². The Bertz CT molecular complexity index is 296. The first kappa shape index (κ1) is 16.7. The maximum absolute atomic E-state index is 11.6. The fraction of sp³-hybridized carbons (Fsp3) is 0.923. The molecule has 6 heteroatoms. The molecule has 112 valence electrons. The molecule has 0 aromatic carbocycles. The number of carbonyl (C=O) groups excluding carboxylic acids is 1. The normalized spacial score (nSPS) is 29.5. The highest BCUT2D eigenvalue weighted by molar-refractivity contribution is 5.67. The van der Waals surface area contributed by atoms with Gasteiger partial charge in [-0.15, -0.1) is 0 Å². The van der Waals surface area contributed by atoms with Crippen molar-refractivity contribution in [3.8, 4) is 0 Å². The molecule has 1 amide bonds. The highest BCUT2D eigenvalue weighted by Gasteiger charge is 2.37. The quantitative estimate of drug-likeness (QED) is 0.588. The van der Waals surface area contributed by atoms with Gasteiger partial charge in [0.2, 0.25) is 0 Å². The van der Waals surface area contributed by atoms with Gasteiger partial charge in [0.1, 0.15) is 5.60 Å². The lowest BCUT2D eigenvalue weighted by Crippen LogP contribution is -3.00. The van der Waals surface area contributed by atoms with Gasteiger partial charge in [-0.3, -0.25) is 4.90 Å². The van der Waals surface area contributed by atoms with Crippen molar-refractivity contribution in [3.63, 3.8) is 0 Å². The summed E-state index contributed by atoms with van der Waals surface area (Å²) >= 11 is 0. The molecule has 0 aliphatic carbocycles. The average molecular weight is 336 g/mol. The van der Waals surface area contributed by atoms with E-state index in [9.17, 15) is 4.79 Å². The van der Waals surface area contributed by atoms with Crippen molar-refractivity contribution in [1.82, 2.24) is 10.2 Å². The Morgan fingerprint density at radius 3 is 2.21 bits per heavy atom. The van der Waals surface area contributed by atoms with E-state index in [0.29, 0.717) is 0 Å². The van der Waals surface area contributed by atoms with Crippen molar-refractivity contribution in [3.05, 3.63) is 0 Å². The summed E-state index contributed by atoms with van der Waals surface area (Å²) in [6, 6.07) is 0. The van der Waals surface area contributed by atoms with Crippen LogP contribution in [0.1, 0.15) is 20.8 Å². The number of nitrogens with zero attached hydrogens (tertiary/aromatic N) is 2. The van der Waals surface area contributed by atoms with Gasteiger partial charge in [-0.1, -0.05) is 0 Å². The first-order valence-electron chi connectivity index (χ1n) is 6.93. The van der Waals surface area contributed by atoms with Crippen LogP contribution in [0, 0.1) is 0 Å². The van der Waals surface area contributed by atoms with Crippen LogP contribution in [0.4, 0.5) is 4.79 Å². The Morgan fingerprint density at radius 2 is 1.74 bits per heavy atom. The first-order valence-corrected chi connectivity index (χ1v) is 6.93. The third kappa shape index (κ3) is 4.93. The second-order valence-electron chi connectivity index (χ2n) is 6.51. The molecule has 3 aliphatic heterocycles. The van der Waals surface area contributed by atoms with Gasteiger partial charge in [0.25, 0.3) is 0 Å². The fourth-order valence-corrected chi connectivity index (χ4v) is 2.78. The van der Waals surface area contributed by atoms with E-state index >= 15 is 0 Å². The van der Waals surface area contributed by atoms with Crippen LogP contribution in [-0.2, 0) is 4.74 Å². The maximum atomic E-state index is 11.6. The molecule has 0 unspecified atom stereocenters. The van der Waals surface area contributed by atoms with E-state index in [0.717, 1.165) is 13.1 Å². The standard InChI is InChI=1S/C13H25N3O2.BrH/c1-13(2,3)18-12(17)14-4-8-16-9-5-15(6-10-16)7-11-16;/h4-11H2,1-3H3;1H. The molecular weight excluding hydrogens is 310 g/mol. The van der Waals surface area contributed by atoms with Gasteiger partial charge >= 0.3 is 6.09 Å². The van der Waals surface area contributed by atoms with Gasteiger partial charge in [0.05, 0.1) is 32.7 Å². The monoisotopic (exact) mass is 335 g/mol. The second kappa shape index (κ2) is 6.41. The first-order chi connectivity index (χ1) is 8.39. The molecule has 0 aromatic rings. The van der Waals surface area contributed by atoms with Crippen LogP contribution >= 0.6 is 0 Å². The topological polar surface area (TPSA) is 41.6 Å². The molecule has 3 saturated heterocycles. The highest BCUT2D eigenvalue weighted by atomic mass is 79.9. The van der Waals surface area contributed by atoms with Crippen LogP contribution in [-0.4, -0.2) is 73.4 Å². The van der Waals surface area contributed by atoms with Gasteiger partial charge in [-0.05, 0) is 20.8 Å². The van der Waals surface area contributed by atoms with E-state index in [4.69, 9.17) is 4.74 Å². The largest absolute Gasteiger partial charge is 1.00 e. The molecule has 0 atom stereocenters. The summed E-state index contributed by atoms with van der Waals surface area (Å²) in [7, 11) is 0. The summed E-state index contributed by atoms with van der Waals surface area (Å²) in [6.07, 6.45) is -0.295. The van der Waals surface area contributed by atoms with Crippen LogP contribution in [0.3, 0.4) is 0 Å². The predicted octanol–water partition coefficient (Wildman–Crippen LogP) is -2.34. The van der Waals surface area contributed by atoms with Gasteiger partial charge in [0, 0.05) is 19.6 Å². The Hall–Kier alpha value is -0.330. The number of piperazine rings is 3. The van der Waals surface area contributed by atoms with E-state index in [1.54, 1.807) is 0 Å². The molecule has 5 nitrogen and oxygen atoms in total. The van der Waals surface area contributed by atoms with E-state index in [2.05, 4.69) is 10.2 Å². The van der Waals surface area contributed by atoms with Crippen LogP contribution in [0.25, 0.3) is 0 Å². The van der Waals surface area contributed by atoms with E-state index in [1.165, 1.54) is 43.8 Å². The molecule has 0 radical (unpaired) electrons. The number of carbonyl (C=O) groups is 1. The fourth-order valence-electron chi connectivity index (χ4n) is 2.78. The minimum atomic E-state index is -0.409. The summed E-state index contributed by atoms with van der Waals surface area (Å²) in [5.41, 5.74) is -0.409. The van der Waals surface area contributed by atoms with Crippen molar-refractivity contribution in [1.29, 1.82) is 0 Å². The summed E-state index contributed by atoms with van der Waals surface area (Å²) in [4.78, 5) is 14.1. The SMILES string of the molecule is CC(C)(C)OC(=O)NCC[N+]12CCN(CC1)CC2.[Br-]. The van der Waals surface area contributed by atoms with Crippen LogP contribution < -0.4 is 22.3 Å². The van der Waals surface area contributed by atoms with E-state index < -0.39 is 5.60 Å². The number of fused-ring (bicyclic) bond motifs is 3. The van der Waals surface area contributed by atoms with Crippen molar-refractivity contribution >= 4 is 6.09 Å². The number of rotatable bonds is 3. The number of halogens is 1. The lowest BCUT2D eigenvalue weighted by atomic mass is 10.1. The van der Waals surface area contributed by atoms with E-state index in [1.807, 2.05) is 20.8 Å². The zero-order valence-corrected chi connectivity index (χ0v) is 13.8. The molecule has 0 saturated carbocycles. The van der Waals surface area contributed by atoms with Crippen molar-refractivity contribution in [2.75, 3.05) is 52.4 Å². The third-order valence-electron chi connectivity index (χ3n) is 3.93. The summed E-state index contributed by atoms with van der Waals surface area (Å²) in [5, 5.41) is 2.87. The smallest absolute Gasteiger partial charge is 0.407 e. The van der Waals surface area contributed by atoms with Gasteiger partial charge in [-0.2, -0.15) is 0 Å². The van der Waals surface area contributed by atoms with E-state index in [-0.39, 0.29) is 23.1 Å². The number of hydrogen-bond donors (Lipinski definition) is 1. The van der Waals surface area contributed by atoms with Crippen LogP contribution in [0.2, 0.25) is 0 Å². The number of quaternary nitrogens is 1. The Morgan fingerprint density at radius 1 is 1.21 bits per heavy atom. The number of alkyl carbamates (subject to hydrolysis) is 1. The Labute approximate surface area is 126 Å². The molecule has 3 rings (SSSR count). The lowest BCUT2D eigenvalue weighted by Gasteiger charge is -2.50. The molecule has 19 heavy (non-hydrogen) atoms. The molecule has 2 bridgehead atoms. The maximum Gasteiger partial charge on any atom is 0.407 e. The Kier molecular flexibility index (Phi) is 5.65. The highest BCUT2D eigenvalue weighted by Crippen LogP contribution is 2.18. The van der Waals surface area contributed by atoms with Gasteiger partial charge < -0.3 is 31.5 Å². The van der Waals surface area contributed by atoms with Crippen molar-refractivity contribution in [2.24, 2.45) is 0 Å². The predicted molar refractivity (Wildman–Crippen MR) is 70.4 cm³/mol. The van der Waals surface area contributed by atoms with Crippen molar-refractivity contribution < 1.29 is 31.0 Å². The van der Waals surface area contributed by atoms with Gasteiger partial charge in [-0.25, -0.2) is 4.79 Å². The summed E-state index contributed by atoms with van der Waals surface area (Å²) in [6.45, 7) is 14.8.